The van der Waals surface area contributed by atoms with E-state index in [1.54, 1.807) is 0 Å². The van der Waals surface area contributed by atoms with E-state index < -0.39 is 46.6 Å². The Balaban J connectivity index is 1.91. The largest absolute Gasteiger partial charge is 0.490 e. The maximum absolute atomic E-state index is 11.8. The lowest BCUT2D eigenvalue weighted by atomic mass is 10.5. The lowest BCUT2D eigenvalue weighted by molar-refractivity contribution is 0.0737. The Bertz CT molecular complexity index is 887. The maximum Gasteiger partial charge on any atom is 0.490 e. The lowest BCUT2D eigenvalue weighted by Gasteiger charge is -2.17. The van der Waals surface area contributed by atoms with Crippen LogP contribution in [0.3, 0.4) is 0 Å². The SMILES string of the molecule is Nc1ccn([C@H]2CO[C@@H](COP(=O)(O)OP(=O)(O)OP(=O)(O)O)S2)c(=O)n1. The Morgan fingerprint density at radius 3 is 2.52 bits per heavy atom. The molecule has 0 aromatic carbocycles. The Kier molecular flexibility index (Phi) is 7.07. The Hall–Kier alpha value is -0.600. The average molecular weight is 469 g/mol. The molecular formula is C8H14N3O12P3S. The maximum atomic E-state index is 11.8. The zero-order valence-electron chi connectivity index (χ0n) is 13.0. The van der Waals surface area contributed by atoms with E-state index in [2.05, 4.69) is 18.1 Å². The Morgan fingerprint density at radius 2 is 1.93 bits per heavy atom. The third kappa shape index (κ3) is 7.38. The fourth-order valence-electron chi connectivity index (χ4n) is 1.78. The summed E-state index contributed by atoms with van der Waals surface area (Å²) in [5, 5.41) is -0.542. The van der Waals surface area contributed by atoms with E-state index in [0.717, 1.165) is 11.8 Å². The van der Waals surface area contributed by atoms with Crippen molar-refractivity contribution in [1.29, 1.82) is 0 Å². The number of thioether (sulfide) groups is 1. The molecule has 1 aromatic rings. The minimum Gasteiger partial charge on any atom is -0.383 e. The molecule has 0 amide bonds. The molecular weight excluding hydrogens is 455 g/mol. The summed E-state index contributed by atoms with van der Waals surface area (Å²) in [6.07, 6.45) is 1.39. The summed E-state index contributed by atoms with van der Waals surface area (Å²) in [4.78, 5) is 50.6. The number of nitrogens with zero attached hydrogens (tertiary/aromatic N) is 2. The highest BCUT2D eigenvalue weighted by molar-refractivity contribution is 8.00. The number of anilines is 1. The molecule has 0 bridgehead atoms. The van der Waals surface area contributed by atoms with Crippen molar-refractivity contribution in [2.75, 3.05) is 18.9 Å². The van der Waals surface area contributed by atoms with Crippen LogP contribution in [-0.2, 0) is 31.6 Å². The number of rotatable bonds is 8. The third-order valence-corrected chi connectivity index (χ3v) is 7.74. The first-order valence-corrected chi connectivity index (χ1v) is 12.1. The smallest absolute Gasteiger partial charge is 0.383 e. The zero-order chi connectivity index (χ0) is 20.5. The number of hydrogen-bond donors (Lipinski definition) is 5. The molecule has 6 N–H and O–H groups in total. The van der Waals surface area contributed by atoms with Crippen molar-refractivity contribution in [2.24, 2.45) is 0 Å². The van der Waals surface area contributed by atoms with Crippen LogP contribution in [0.2, 0.25) is 0 Å². The summed E-state index contributed by atoms with van der Waals surface area (Å²) < 4.78 is 51.4. The molecule has 0 aliphatic carbocycles. The van der Waals surface area contributed by atoms with Gasteiger partial charge in [0.2, 0.25) is 0 Å². The number of nitrogens with two attached hydrogens (primary N) is 1. The average Bonchev–Trinajstić information content (AvgIpc) is 2.90. The van der Waals surface area contributed by atoms with Crippen molar-refractivity contribution in [3.63, 3.8) is 0 Å². The van der Waals surface area contributed by atoms with Crippen LogP contribution < -0.4 is 11.4 Å². The van der Waals surface area contributed by atoms with Crippen LogP contribution in [0.15, 0.2) is 17.1 Å². The number of nitrogen functional groups attached to an aromatic ring is 1. The fourth-order valence-corrected chi connectivity index (χ4v) is 6.00. The van der Waals surface area contributed by atoms with Crippen LogP contribution in [0.1, 0.15) is 5.37 Å². The molecule has 154 valence electrons. The molecule has 0 saturated carbocycles. The van der Waals surface area contributed by atoms with Gasteiger partial charge in [0, 0.05) is 6.20 Å². The van der Waals surface area contributed by atoms with Gasteiger partial charge in [-0.1, -0.05) is 0 Å². The molecule has 0 radical (unpaired) electrons. The number of phosphoric acid groups is 3. The normalized spacial score (nSPS) is 25.0. The molecule has 0 spiro atoms. The highest BCUT2D eigenvalue weighted by Crippen LogP contribution is 2.66. The van der Waals surface area contributed by atoms with E-state index in [9.17, 15) is 23.4 Å². The molecule has 2 unspecified atom stereocenters. The minimum absolute atomic E-state index is 0.0145. The van der Waals surface area contributed by atoms with Gasteiger partial charge in [-0.3, -0.25) is 9.09 Å². The molecule has 1 aliphatic heterocycles. The predicted octanol–water partition coefficient (Wildman–Crippen LogP) is -0.243. The van der Waals surface area contributed by atoms with Gasteiger partial charge in [-0.15, -0.1) is 11.8 Å². The molecule has 1 aliphatic rings. The van der Waals surface area contributed by atoms with E-state index in [4.69, 9.17) is 25.2 Å². The van der Waals surface area contributed by atoms with Gasteiger partial charge in [-0.2, -0.15) is 13.6 Å². The Labute approximate surface area is 154 Å². The van der Waals surface area contributed by atoms with Gasteiger partial charge < -0.3 is 30.0 Å². The summed E-state index contributed by atoms with van der Waals surface area (Å²) in [6.45, 7) is -0.609. The van der Waals surface area contributed by atoms with Crippen LogP contribution in [0.4, 0.5) is 5.82 Å². The predicted molar refractivity (Wildman–Crippen MR) is 89.1 cm³/mol. The summed E-state index contributed by atoms with van der Waals surface area (Å²) in [7, 11) is -16.3. The van der Waals surface area contributed by atoms with E-state index >= 15 is 0 Å². The van der Waals surface area contributed by atoms with Gasteiger partial charge in [0.25, 0.3) is 0 Å². The highest BCUT2D eigenvalue weighted by atomic mass is 32.2. The highest BCUT2D eigenvalue weighted by Gasteiger charge is 2.41. The van der Waals surface area contributed by atoms with Crippen molar-refractivity contribution in [1.82, 2.24) is 9.55 Å². The van der Waals surface area contributed by atoms with Crippen LogP contribution >= 0.6 is 35.2 Å². The van der Waals surface area contributed by atoms with Gasteiger partial charge in [-0.25, -0.2) is 18.5 Å². The summed E-state index contributed by atoms with van der Waals surface area (Å²) in [5.41, 5.74) is 3.87. The van der Waals surface area contributed by atoms with Crippen molar-refractivity contribution in [2.45, 2.75) is 10.8 Å². The number of ether oxygens (including phenoxy) is 1. The molecule has 27 heavy (non-hydrogen) atoms. The van der Waals surface area contributed by atoms with Gasteiger partial charge in [-0.05, 0) is 6.07 Å². The van der Waals surface area contributed by atoms with Gasteiger partial charge >= 0.3 is 29.2 Å². The Morgan fingerprint density at radius 1 is 1.26 bits per heavy atom. The quantitative estimate of drug-likeness (QED) is 0.309. The van der Waals surface area contributed by atoms with Gasteiger partial charge in [0.05, 0.1) is 13.2 Å². The van der Waals surface area contributed by atoms with E-state index in [-0.39, 0.29) is 12.4 Å². The zero-order valence-corrected chi connectivity index (χ0v) is 16.5. The van der Waals surface area contributed by atoms with Crippen LogP contribution in [0, 0.1) is 0 Å². The second kappa shape index (κ2) is 8.41. The minimum atomic E-state index is -5.58. The van der Waals surface area contributed by atoms with Gasteiger partial charge in [0.15, 0.2) is 0 Å². The van der Waals surface area contributed by atoms with Crippen molar-refractivity contribution >= 4 is 41.0 Å². The molecule has 15 nitrogen and oxygen atoms in total. The molecule has 19 heteroatoms. The number of hydrogen-bond acceptors (Lipinski definition) is 11. The van der Waals surface area contributed by atoms with E-state index in [0.29, 0.717) is 0 Å². The monoisotopic (exact) mass is 469 g/mol. The first-order valence-electron chi connectivity index (χ1n) is 6.66. The van der Waals surface area contributed by atoms with Crippen molar-refractivity contribution < 1.29 is 51.2 Å². The van der Waals surface area contributed by atoms with Crippen molar-refractivity contribution in [3.05, 3.63) is 22.7 Å². The molecule has 1 fully saturated rings. The molecule has 2 heterocycles. The molecule has 4 atom stereocenters. The first kappa shape index (κ1) is 22.7. The summed E-state index contributed by atoms with van der Waals surface area (Å²) in [6, 6.07) is 1.39. The van der Waals surface area contributed by atoms with E-state index in [1.807, 2.05) is 0 Å². The molecule has 1 aromatic heterocycles. The van der Waals surface area contributed by atoms with Gasteiger partial charge in [0.1, 0.15) is 16.6 Å². The lowest BCUT2D eigenvalue weighted by Crippen LogP contribution is -2.26. The molecule has 2 rings (SSSR count). The standard InChI is InChI=1S/C8H14N3O12P3S/c9-5-1-2-11(8(12)10-5)6-3-20-7(27-6)4-21-25(16,17)23-26(18,19)22-24(13,14)15/h1-2,6-7H,3-4H2,(H,16,17)(H,18,19)(H2,9,10,12)(H2,13,14,15)/t6-,7-/m1/s1. The van der Waals surface area contributed by atoms with E-state index in [1.165, 1.54) is 16.8 Å². The summed E-state index contributed by atoms with van der Waals surface area (Å²) in [5.74, 6) is 0.0318. The second-order valence-electron chi connectivity index (χ2n) is 4.78. The van der Waals surface area contributed by atoms with Crippen LogP contribution in [0.25, 0.3) is 0 Å². The first-order chi connectivity index (χ1) is 12.3. The van der Waals surface area contributed by atoms with Crippen molar-refractivity contribution in [3.8, 4) is 0 Å². The topological polar surface area (TPSA) is 230 Å². The van der Waals surface area contributed by atoms with Crippen LogP contribution in [-0.4, -0.2) is 47.8 Å². The molecule has 1 saturated heterocycles. The number of aromatic nitrogens is 2. The number of phosphoric ester groups is 1. The third-order valence-electron chi connectivity index (χ3n) is 2.69. The summed E-state index contributed by atoms with van der Waals surface area (Å²) >= 11 is 1.01. The fraction of sp³-hybridized carbons (Fsp3) is 0.500. The second-order valence-corrected chi connectivity index (χ2v) is 10.5. The van der Waals surface area contributed by atoms with Crippen LogP contribution in [0.5, 0.6) is 0 Å².